The van der Waals surface area contributed by atoms with Gasteiger partial charge in [0.05, 0.1) is 0 Å². The van der Waals surface area contributed by atoms with Gasteiger partial charge in [-0.15, -0.1) is 11.6 Å². The fraction of sp³-hybridized carbons (Fsp3) is 0.917. The van der Waals surface area contributed by atoms with Crippen LogP contribution in [0, 0.1) is 5.92 Å². The van der Waals surface area contributed by atoms with Gasteiger partial charge in [0.2, 0.25) is 5.91 Å². The molecule has 3 nitrogen and oxygen atoms in total. The predicted octanol–water partition coefficient (Wildman–Crippen LogP) is 1.56. The molecule has 0 unspecified atom stereocenters. The van der Waals surface area contributed by atoms with Gasteiger partial charge < -0.3 is 4.90 Å². The van der Waals surface area contributed by atoms with Gasteiger partial charge in [0.15, 0.2) is 0 Å². The van der Waals surface area contributed by atoms with E-state index < -0.39 is 0 Å². The molecule has 1 aliphatic carbocycles. The molecule has 1 saturated heterocycles. The Morgan fingerprint density at radius 2 is 1.88 bits per heavy atom. The van der Waals surface area contributed by atoms with Gasteiger partial charge in [-0.05, 0) is 18.8 Å². The number of halogens is 1. The van der Waals surface area contributed by atoms with E-state index in [1.54, 1.807) is 0 Å². The maximum atomic E-state index is 11.9. The first kappa shape index (κ1) is 12.2. The minimum Gasteiger partial charge on any atom is -0.340 e. The fourth-order valence-corrected chi connectivity index (χ4v) is 2.65. The zero-order valence-corrected chi connectivity index (χ0v) is 10.6. The summed E-state index contributed by atoms with van der Waals surface area (Å²) in [6.45, 7) is 4.71. The third-order valence-corrected chi connectivity index (χ3v) is 3.98. The number of hydrogen-bond acceptors (Lipinski definition) is 2. The van der Waals surface area contributed by atoms with Crippen LogP contribution in [-0.4, -0.2) is 54.3 Å². The molecule has 0 aromatic rings. The first-order chi connectivity index (χ1) is 7.79. The zero-order chi connectivity index (χ0) is 11.4. The van der Waals surface area contributed by atoms with Gasteiger partial charge in [-0.2, -0.15) is 0 Å². The Kier molecular flexibility index (Phi) is 4.47. The van der Waals surface area contributed by atoms with Crippen LogP contribution in [0.4, 0.5) is 0 Å². The van der Waals surface area contributed by atoms with Crippen molar-refractivity contribution >= 4 is 17.5 Å². The Balaban J connectivity index is 1.68. The standard InChI is InChI=1S/C12H21ClN2O/c13-4-5-14-6-8-15(9-7-14)12(16)10-11-2-1-3-11/h11H,1-10H2. The van der Waals surface area contributed by atoms with Crippen molar-refractivity contribution in [1.82, 2.24) is 9.80 Å². The molecular formula is C12H21ClN2O. The molecule has 0 N–H and O–H groups in total. The number of amides is 1. The van der Waals surface area contributed by atoms with Gasteiger partial charge in [0.25, 0.3) is 0 Å². The normalized spacial score (nSPS) is 23.2. The molecule has 0 aromatic carbocycles. The quantitative estimate of drug-likeness (QED) is 0.701. The largest absolute Gasteiger partial charge is 0.340 e. The first-order valence-electron chi connectivity index (χ1n) is 6.35. The van der Waals surface area contributed by atoms with E-state index in [0.29, 0.717) is 17.7 Å². The Bertz CT molecular complexity index is 235. The Morgan fingerprint density at radius 3 is 2.38 bits per heavy atom. The molecule has 1 heterocycles. The Labute approximate surface area is 103 Å². The summed E-state index contributed by atoms with van der Waals surface area (Å²) in [5.41, 5.74) is 0. The molecular weight excluding hydrogens is 224 g/mol. The van der Waals surface area contributed by atoms with Crippen LogP contribution in [0.1, 0.15) is 25.7 Å². The topological polar surface area (TPSA) is 23.6 Å². The van der Waals surface area contributed by atoms with Gasteiger partial charge >= 0.3 is 0 Å². The van der Waals surface area contributed by atoms with Crippen LogP contribution in [-0.2, 0) is 4.79 Å². The third-order valence-electron chi connectivity index (χ3n) is 3.81. The number of hydrogen-bond donors (Lipinski definition) is 0. The highest BCUT2D eigenvalue weighted by molar-refractivity contribution is 6.18. The molecule has 4 heteroatoms. The summed E-state index contributed by atoms with van der Waals surface area (Å²) in [6, 6.07) is 0. The second-order valence-corrected chi connectivity index (χ2v) is 5.29. The van der Waals surface area contributed by atoms with Crippen LogP contribution < -0.4 is 0 Å². The number of piperazine rings is 1. The van der Waals surface area contributed by atoms with E-state index >= 15 is 0 Å². The van der Waals surface area contributed by atoms with Crippen LogP contribution in [0.2, 0.25) is 0 Å². The fourth-order valence-electron chi connectivity index (χ4n) is 2.41. The van der Waals surface area contributed by atoms with Crippen molar-refractivity contribution in [3.8, 4) is 0 Å². The van der Waals surface area contributed by atoms with Gasteiger partial charge in [0, 0.05) is 45.0 Å². The third kappa shape index (κ3) is 3.11. The molecule has 0 radical (unpaired) electrons. The smallest absolute Gasteiger partial charge is 0.222 e. The average Bonchev–Trinajstić information content (AvgIpc) is 2.25. The minimum atomic E-state index is 0.371. The lowest BCUT2D eigenvalue weighted by molar-refractivity contribution is -0.134. The summed E-state index contributed by atoms with van der Waals surface area (Å²) in [5, 5.41) is 0. The molecule has 92 valence electrons. The van der Waals surface area contributed by atoms with E-state index in [9.17, 15) is 4.79 Å². The van der Waals surface area contributed by atoms with Crippen LogP contribution in [0.3, 0.4) is 0 Å². The molecule has 1 amide bonds. The molecule has 16 heavy (non-hydrogen) atoms. The van der Waals surface area contributed by atoms with Crippen LogP contribution in [0.15, 0.2) is 0 Å². The number of nitrogens with zero attached hydrogens (tertiary/aromatic N) is 2. The van der Waals surface area contributed by atoms with Gasteiger partial charge in [-0.3, -0.25) is 9.69 Å². The summed E-state index contributed by atoms with van der Waals surface area (Å²) in [7, 11) is 0. The molecule has 0 atom stereocenters. The zero-order valence-electron chi connectivity index (χ0n) is 9.83. The summed E-state index contributed by atoms with van der Waals surface area (Å²) in [6.07, 6.45) is 4.63. The molecule has 1 saturated carbocycles. The highest BCUT2D eigenvalue weighted by Gasteiger charge is 2.25. The van der Waals surface area contributed by atoms with Gasteiger partial charge in [-0.25, -0.2) is 0 Å². The van der Waals surface area contributed by atoms with Crippen LogP contribution in [0.25, 0.3) is 0 Å². The van der Waals surface area contributed by atoms with E-state index in [0.717, 1.165) is 39.1 Å². The molecule has 2 rings (SSSR count). The molecule has 1 aliphatic heterocycles. The first-order valence-corrected chi connectivity index (χ1v) is 6.89. The lowest BCUT2D eigenvalue weighted by Gasteiger charge is -2.36. The van der Waals surface area contributed by atoms with Crippen molar-refractivity contribution in [2.45, 2.75) is 25.7 Å². The Morgan fingerprint density at radius 1 is 1.19 bits per heavy atom. The molecule has 2 fully saturated rings. The van der Waals surface area contributed by atoms with E-state index in [-0.39, 0.29) is 0 Å². The minimum absolute atomic E-state index is 0.371. The SMILES string of the molecule is O=C(CC1CCC1)N1CCN(CCCl)CC1. The van der Waals surface area contributed by atoms with Crippen molar-refractivity contribution in [2.24, 2.45) is 5.92 Å². The number of rotatable bonds is 4. The van der Waals surface area contributed by atoms with Crippen molar-refractivity contribution < 1.29 is 4.79 Å². The van der Waals surface area contributed by atoms with E-state index in [1.807, 2.05) is 4.90 Å². The monoisotopic (exact) mass is 244 g/mol. The number of carbonyl (C=O) groups is 1. The molecule has 0 spiro atoms. The summed E-state index contributed by atoms with van der Waals surface area (Å²) in [4.78, 5) is 16.3. The number of carbonyl (C=O) groups excluding carboxylic acids is 1. The lowest BCUT2D eigenvalue weighted by Crippen LogP contribution is -2.49. The molecule has 2 aliphatic rings. The highest BCUT2D eigenvalue weighted by atomic mass is 35.5. The van der Waals surface area contributed by atoms with E-state index in [1.165, 1.54) is 19.3 Å². The number of alkyl halides is 1. The maximum Gasteiger partial charge on any atom is 0.222 e. The predicted molar refractivity (Wildman–Crippen MR) is 65.7 cm³/mol. The second-order valence-electron chi connectivity index (χ2n) is 4.91. The molecule has 0 aromatic heterocycles. The van der Waals surface area contributed by atoms with Gasteiger partial charge in [-0.1, -0.05) is 6.42 Å². The van der Waals surface area contributed by atoms with Crippen molar-refractivity contribution in [3.05, 3.63) is 0 Å². The van der Waals surface area contributed by atoms with Gasteiger partial charge in [0.1, 0.15) is 0 Å². The van der Waals surface area contributed by atoms with E-state index in [4.69, 9.17) is 11.6 Å². The van der Waals surface area contributed by atoms with Crippen LogP contribution in [0.5, 0.6) is 0 Å². The maximum absolute atomic E-state index is 11.9. The van der Waals surface area contributed by atoms with Crippen LogP contribution >= 0.6 is 11.6 Å². The Hall–Kier alpha value is -0.280. The summed E-state index contributed by atoms with van der Waals surface area (Å²) in [5.74, 6) is 1.75. The van der Waals surface area contributed by atoms with Crippen molar-refractivity contribution in [2.75, 3.05) is 38.6 Å². The van der Waals surface area contributed by atoms with Crippen molar-refractivity contribution in [1.29, 1.82) is 0 Å². The highest BCUT2D eigenvalue weighted by Crippen LogP contribution is 2.29. The van der Waals surface area contributed by atoms with E-state index in [2.05, 4.69) is 4.90 Å². The summed E-state index contributed by atoms with van der Waals surface area (Å²) >= 11 is 5.71. The second kappa shape index (κ2) is 5.87. The van der Waals surface area contributed by atoms with Crippen molar-refractivity contribution in [3.63, 3.8) is 0 Å². The average molecular weight is 245 g/mol. The lowest BCUT2D eigenvalue weighted by atomic mass is 9.82. The summed E-state index contributed by atoms with van der Waals surface area (Å²) < 4.78 is 0. The molecule has 0 bridgehead atoms.